The van der Waals surface area contributed by atoms with E-state index < -0.39 is 0 Å². The number of anilines is 1. The molecule has 1 N–H and O–H groups in total. The van der Waals surface area contributed by atoms with Gasteiger partial charge in [0.1, 0.15) is 5.01 Å². The second-order valence-electron chi connectivity index (χ2n) is 4.71. The summed E-state index contributed by atoms with van der Waals surface area (Å²) in [5.74, 6) is 1.08. The molecule has 0 aliphatic heterocycles. The van der Waals surface area contributed by atoms with Crippen molar-refractivity contribution in [2.24, 2.45) is 0 Å². The van der Waals surface area contributed by atoms with Gasteiger partial charge in [-0.2, -0.15) is 0 Å². The van der Waals surface area contributed by atoms with Gasteiger partial charge in [0.2, 0.25) is 11.0 Å². The van der Waals surface area contributed by atoms with E-state index in [4.69, 9.17) is 9.47 Å². The first kappa shape index (κ1) is 17.0. The SMILES string of the molecule is CCCOc1ccc(C=CC(=O)Nc2nnc(C)s2)cc1OC. The molecule has 0 spiro atoms. The summed E-state index contributed by atoms with van der Waals surface area (Å²) < 4.78 is 10.9. The topological polar surface area (TPSA) is 73.3 Å². The molecule has 1 aromatic carbocycles. The largest absolute Gasteiger partial charge is 0.493 e. The number of rotatable bonds is 7. The summed E-state index contributed by atoms with van der Waals surface area (Å²) in [6, 6.07) is 5.52. The average molecular weight is 333 g/mol. The van der Waals surface area contributed by atoms with Crippen LogP contribution in [0.2, 0.25) is 0 Å². The van der Waals surface area contributed by atoms with E-state index in [0.29, 0.717) is 23.2 Å². The van der Waals surface area contributed by atoms with Gasteiger partial charge in [0, 0.05) is 6.08 Å². The Hall–Kier alpha value is -2.41. The average Bonchev–Trinajstić information content (AvgIpc) is 2.96. The van der Waals surface area contributed by atoms with Crippen molar-refractivity contribution in [1.29, 1.82) is 0 Å². The van der Waals surface area contributed by atoms with Crippen molar-refractivity contribution in [1.82, 2.24) is 10.2 Å². The summed E-state index contributed by atoms with van der Waals surface area (Å²) in [7, 11) is 1.59. The van der Waals surface area contributed by atoms with Gasteiger partial charge in [0.05, 0.1) is 13.7 Å². The third kappa shape index (κ3) is 5.07. The van der Waals surface area contributed by atoms with Gasteiger partial charge in [-0.15, -0.1) is 10.2 Å². The molecular weight excluding hydrogens is 314 g/mol. The maximum atomic E-state index is 11.8. The van der Waals surface area contributed by atoms with Crippen molar-refractivity contribution >= 4 is 28.5 Å². The van der Waals surface area contributed by atoms with Crippen LogP contribution in [0.5, 0.6) is 11.5 Å². The van der Waals surface area contributed by atoms with Crippen LogP contribution in [0, 0.1) is 6.92 Å². The molecule has 0 unspecified atom stereocenters. The standard InChI is InChI=1S/C16H19N3O3S/c1-4-9-22-13-7-5-12(10-14(13)21-3)6-8-15(20)17-16-19-18-11(2)23-16/h5-8,10H,4,9H2,1-3H3,(H,17,19,20). The fraction of sp³-hybridized carbons (Fsp3) is 0.312. The van der Waals surface area contributed by atoms with Gasteiger partial charge in [0.25, 0.3) is 0 Å². The van der Waals surface area contributed by atoms with E-state index in [2.05, 4.69) is 15.5 Å². The molecule has 7 heteroatoms. The normalized spacial score (nSPS) is 10.7. The van der Waals surface area contributed by atoms with E-state index in [0.717, 1.165) is 17.0 Å². The summed E-state index contributed by atoms with van der Waals surface area (Å²) in [4.78, 5) is 11.8. The molecule has 0 atom stereocenters. The Bertz CT molecular complexity index is 698. The molecule has 0 bridgehead atoms. The summed E-state index contributed by atoms with van der Waals surface area (Å²) in [5, 5.41) is 11.6. The number of hydrogen-bond acceptors (Lipinski definition) is 6. The van der Waals surface area contributed by atoms with Crippen molar-refractivity contribution in [3.63, 3.8) is 0 Å². The molecule has 1 heterocycles. The number of methoxy groups -OCH3 is 1. The number of amides is 1. The number of benzene rings is 1. The van der Waals surface area contributed by atoms with Crippen molar-refractivity contribution in [3.05, 3.63) is 34.8 Å². The van der Waals surface area contributed by atoms with Gasteiger partial charge in [-0.05, 0) is 37.1 Å². The quantitative estimate of drug-likeness (QED) is 0.787. The molecule has 1 amide bonds. The van der Waals surface area contributed by atoms with Gasteiger partial charge in [-0.1, -0.05) is 24.3 Å². The maximum absolute atomic E-state index is 11.8. The number of aromatic nitrogens is 2. The third-order valence-corrected chi connectivity index (χ3v) is 3.59. The second-order valence-corrected chi connectivity index (χ2v) is 5.89. The van der Waals surface area contributed by atoms with Crippen molar-refractivity contribution in [3.8, 4) is 11.5 Å². The Balaban J connectivity index is 2.02. The predicted molar refractivity (Wildman–Crippen MR) is 91.1 cm³/mol. The summed E-state index contributed by atoms with van der Waals surface area (Å²) in [6.45, 7) is 4.51. The molecule has 0 aliphatic carbocycles. The number of carbonyl (C=O) groups excluding carboxylic acids is 1. The molecule has 23 heavy (non-hydrogen) atoms. The highest BCUT2D eigenvalue weighted by molar-refractivity contribution is 7.15. The number of aryl methyl sites for hydroxylation is 1. The Morgan fingerprint density at radius 2 is 2.17 bits per heavy atom. The third-order valence-electron chi connectivity index (χ3n) is 2.83. The van der Waals surface area contributed by atoms with E-state index >= 15 is 0 Å². The summed E-state index contributed by atoms with van der Waals surface area (Å²) in [6.07, 6.45) is 4.07. The zero-order valence-corrected chi connectivity index (χ0v) is 14.1. The monoisotopic (exact) mass is 333 g/mol. The van der Waals surface area contributed by atoms with Crippen LogP contribution in [0.15, 0.2) is 24.3 Å². The van der Waals surface area contributed by atoms with Crippen molar-refractivity contribution in [2.45, 2.75) is 20.3 Å². The van der Waals surface area contributed by atoms with Crippen LogP contribution in [-0.2, 0) is 4.79 Å². The first-order valence-electron chi connectivity index (χ1n) is 7.22. The molecule has 2 aromatic rings. The number of nitrogens with zero attached hydrogens (tertiary/aromatic N) is 2. The highest BCUT2D eigenvalue weighted by Gasteiger charge is 2.06. The lowest BCUT2D eigenvalue weighted by Gasteiger charge is -2.10. The van der Waals surface area contributed by atoms with Crippen molar-refractivity contribution < 1.29 is 14.3 Å². The Morgan fingerprint density at radius 3 is 2.83 bits per heavy atom. The highest BCUT2D eigenvalue weighted by atomic mass is 32.1. The van der Waals surface area contributed by atoms with E-state index in [1.807, 2.05) is 32.0 Å². The lowest BCUT2D eigenvalue weighted by Crippen LogP contribution is -2.07. The number of hydrogen-bond donors (Lipinski definition) is 1. The Labute approximate surface area is 139 Å². The summed E-state index contributed by atoms with van der Waals surface area (Å²) in [5.41, 5.74) is 0.842. The van der Waals surface area contributed by atoms with Crippen LogP contribution in [0.4, 0.5) is 5.13 Å². The molecule has 2 rings (SSSR count). The molecule has 6 nitrogen and oxygen atoms in total. The number of nitrogens with one attached hydrogen (secondary N) is 1. The lowest BCUT2D eigenvalue weighted by molar-refractivity contribution is -0.111. The highest BCUT2D eigenvalue weighted by Crippen LogP contribution is 2.28. The van der Waals surface area contributed by atoms with Gasteiger partial charge in [-0.3, -0.25) is 10.1 Å². The predicted octanol–water partition coefficient (Wildman–Crippen LogP) is 3.30. The molecule has 1 aromatic heterocycles. The van der Waals surface area contributed by atoms with Crippen LogP contribution in [0.25, 0.3) is 6.08 Å². The van der Waals surface area contributed by atoms with Gasteiger partial charge < -0.3 is 9.47 Å². The minimum absolute atomic E-state index is 0.258. The zero-order valence-electron chi connectivity index (χ0n) is 13.3. The minimum Gasteiger partial charge on any atom is -0.493 e. The maximum Gasteiger partial charge on any atom is 0.250 e. The molecular formula is C16H19N3O3S. The van der Waals surface area contributed by atoms with Crippen LogP contribution in [0.3, 0.4) is 0 Å². The first-order chi connectivity index (χ1) is 11.1. The van der Waals surface area contributed by atoms with E-state index in [-0.39, 0.29) is 5.91 Å². The van der Waals surface area contributed by atoms with E-state index in [1.54, 1.807) is 13.2 Å². The fourth-order valence-electron chi connectivity index (χ4n) is 1.79. The molecule has 0 saturated heterocycles. The molecule has 122 valence electrons. The molecule has 0 aliphatic rings. The van der Waals surface area contributed by atoms with Crippen LogP contribution < -0.4 is 14.8 Å². The lowest BCUT2D eigenvalue weighted by atomic mass is 10.2. The summed E-state index contributed by atoms with van der Waals surface area (Å²) >= 11 is 1.33. The number of carbonyl (C=O) groups is 1. The van der Waals surface area contributed by atoms with E-state index in [1.165, 1.54) is 17.4 Å². The minimum atomic E-state index is -0.258. The van der Waals surface area contributed by atoms with Crippen molar-refractivity contribution in [2.75, 3.05) is 19.0 Å². The zero-order chi connectivity index (χ0) is 16.7. The van der Waals surface area contributed by atoms with Gasteiger partial charge in [-0.25, -0.2) is 0 Å². The van der Waals surface area contributed by atoms with E-state index in [9.17, 15) is 4.79 Å². The Kier molecular flexibility index (Phi) is 6.10. The van der Waals surface area contributed by atoms with Crippen LogP contribution in [-0.4, -0.2) is 29.8 Å². The second kappa shape index (κ2) is 8.28. The number of ether oxygens (including phenoxy) is 2. The molecule has 0 radical (unpaired) electrons. The van der Waals surface area contributed by atoms with Gasteiger partial charge >= 0.3 is 0 Å². The van der Waals surface area contributed by atoms with Crippen LogP contribution in [0.1, 0.15) is 23.9 Å². The fourth-order valence-corrected chi connectivity index (χ4v) is 2.38. The molecule has 0 saturated carbocycles. The van der Waals surface area contributed by atoms with Gasteiger partial charge in [0.15, 0.2) is 11.5 Å². The Morgan fingerprint density at radius 1 is 1.35 bits per heavy atom. The molecule has 0 fully saturated rings. The smallest absolute Gasteiger partial charge is 0.250 e. The van der Waals surface area contributed by atoms with Crippen LogP contribution >= 0.6 is 11.3 Å². The first-order valence-corrected chi connectivity index (χ1v) is 8.04.